The first kappa shape index (κ1) is 18.0. The van der Waals surface area contributed by atoms with Gasteiger partial charge in [-0.05, 0) is 46.8 Å². The number of ether oxygens (including phenoxy) is 1. The van der Waals surface area contributed by atoms with Gasteiger partial charge in [-0.3, -0.25) is 4.79 Å². The van der Waals surface area contributed by atoms with Gasteiger partial charge in [0.25, 0.3) is 0 Å². The zero-order chi connectivity index (χ0) is 17.3. The van der Waals surface area contributed by atoms with E-state index in [1.807, 2.05) is 46.8 Å². The molecule has 0 amide bonds. The molecule has 5 nitrogen and oxygen atoms in total. The molecule has 23 heavy (non-hydrogen) atoms. The SMILES string of the molecule is CC(C)(C)OC(=O)[C@H]1C(CNc2cccc(Cl)n2)CNC1(C)C. The number of carbonyl (C=O) groups excluding carboxylic acids is 1. The molecule has 2 rings (SSSR count). The van der Waals surface area contributed by atoms with Crippen LogP contribution in [0.25, 0.3) is 0 Å². The molecule has 0 aliphatic carbocycles. The largest absolute Gasteiger partial charge is 0.460 e. The average Bonchev–Trinajstić information content (AvgIpc) is 2.69. The van der Waals surface area contributed by atoms with Crippen LogP contribution in [0.2, 0.25) is 5.15 Å². The Morgan fingerprint density at radius 3 is 2.78 bits per heavy atom. The Labute approximate surface area is 143 Å². The van der Waals surface area contributed by atoms with Crippen LogP contribution in [-0.2, 0) is 9.53 Å². The van der Waals surface area contributed by atoms with Crippen LogP contribution in [0.4, 0.5) is 5.82 Å². The summed E-state index contributed by atoms with van der Waals surface area (Å²) in [5.41, 5.74) is -0.779. The lowest BCUT2D eigenvalue weighted by Crippen LogP contribution is -2.45. The Hall–Kier alpha value is -1.33. The van der Waals surface area contributed by atoms with E-state index in [2.05, 4.69) is 15.6 Å². The first-order valence-corrected chi connectivity index (χ1v) is 8.30. The molecule has 0 spiro atoms. The van der Waals surface area contributed by atoms with Gasteiger partial charge in [-0.15, -0.1) is 0 Å². The van der Waals surface area contributed by atoms with E-state index < -0.39 is 5.60 Å². The molecule has 2 atom stereocenters. The minimum Gasteiger partial charge on any atom is -0.460 e. The molecule has 1 aliphatic rings. The number of aromatic nitrogens is 1. The molecule has 2 heterocycles. The Morgan fingerprint density at radius 1 is 1.48 bits per heavy atom. The summed E-state index contributed by atoms with van der Waals surface area (Å²) in [6, 6.07) is 5.44. The molecule has 0 saturated carbocycles. The zero-order valence-corrected chi connectivity index (χ0v) is 15.2. The molecule has 0 radical (unpaired) electrons. The number of carbonyl (C=O) groups is 1. The van der Waals surface area contributed by atoms with Gasteiger partial charge in [0.1, 0.15) is 16.6 Å². The highest BCUT2D eigenvalue weighted by Crippen LogP contribution is 2.33. The van der Waals surface area contributed by atoms with Gasteiger partial charge in [0, 0.05) is 24.5 Å². The van der Waals surface area contributed by atoms with Crippen LogP contribution in [0, 0.1) is 11.8 Å². The van der Waals surface area contributed by atoms with Gasteiger partial charge in [0.15, 0.2) is 0 Å². The number of rotatable bonds is 4. The van der Waals surface area contributed by atoms with Crippen LogP contribution in [-0.4, -0.2) is 35.2 Å². The van der Waals surface area contributed by atoms with Crippen molar-refractivity contribution in [2.45, 2.75) is 45.8 Å². The number of halogens is 1. The van der Waals surface area contributed by atoms with E-state index in [-0.39, 0.29) is 23.3 Å². The predicted molar refractivity (Wildman–Crippen MR) is 92.6 cm³/mol. The van der Waals surface area contributed by atoms with Gasteiger partial charge in [0.2, 0.25) is 0 Å². The van der Waals surface area contributed by atoms with Crippen LogP contribution < -0.4 is 10.6 Å². The lowest BCUT2D eigenvalue weighted by Gasteiger charge is -2.31. The number of pyridine rings is 1. The molecule has 1 aromatic rings. The Morgan fingerprint density at radius 2 is 2.17 bits per heavy atom. The maximum absolute atomic E-state index is 12.6. The summed E-state index contributed by atoms with van der Waals surface area (Å²) in [5.74, 6) is 0.470. The fraction of sp³-hybridized carbons (Fsp3) is 0.647. The highest BCUT2D eigenvalue weighted by atomic mass is 35.5. The smallest absolute Gasteiger partial charge is 0.311 e. The van der Waals surface area contributed by atoms with Crippen molar-refractivity contribution in [2.75, 3.05) is 18.4 Å². The number of hydrogen-bond acceptors (Lipinski definition) is 5. The van der Waals surface area contributed by atoms with Crippen molar-refractivity contribution in [3.05, 3.63) is 23.4 Å². The molecule has 0 aromatic carbocycles. The van der Waals surface area contributed by atoms with Crippen molar-refractivity contribution in [3.8, 4) is 0 Å². The number of hydrogen-bond donors (Lipinski definition) is 2. The molecule has 6 heteroatoms. The van der Waals surface area contributed by atoms with E-state index in [1.54, 1.807) is 6.07 Å². The summed E-state index contributed by atoms with van der Waals surface area (Å²) in [6.45, 7) is 11.1. The molecule has 0 bridgehead atoms. The van der Waals surface area contributed by atoms with E-state index in [0.717, 1.165) is 6.54 Å². The molecule has 1 aliphatic heterocycles. The highest BCUT2D eigenvalue weighted by Gasteiger charge is 2.47. The monoisotopic (exact) mass is 339 g/mol. The summed E-state index contributed by atoms with van der Waals surface area (Å²) in [6.07, 6.45) is 0. The first-order chi connectivity index (χ1) is 10.6. The Balaban J connectivity index is 2.06. The van der Waals surface area contributed by atoms with Crippen LogP contribution in [0.15, 0.2) is 18.2 Å². The van der Waals surface area contributed by atoms with Gasteiger partial charge in [0.05, 0.1) is 5.92 Å². The second kappa shape index (κ2) is 6.65. The first-order valence-electron chi connectivity index (χ1n) is 7.93. The number of anilines is 1. The van der Waals surface area contributed by atoms with Crippen LogP contribution in [0.5, 0.6) is 0 Å². The third kappa shape index (κ3) is 4.82. The van der Waals surface area contributed by atoms with Crippen LogP contribution >= 0.6 is 11.6 Å². The van der Waals surface area contributed by atoms with E-state index in [9.17, 15) is 4.79 Å². The standard InChI is InChI=1S/C17H26ClN3O2/c1-16(2,3)23-15(22)14-11(10-20-17(14,4)5)9-19-13-8-6-7-12(18)21-13/h6-8,11,14,20H,9-10H2,1-5H3,(H,19,21)/t11?,14-/m1/s1. The van der Waals surface area contributed by atoms with Crippen molar-refractivity contribution in [2.24, 2.45) is 11.8 Å². The molecule has 1 fully saturated rings. The maximum atomic E-state index is 12.6. The fourth-order valence-electron chi connectivity index (χ4n) is 3.00. The van der Waals surface area contributed by atoms with Crippen molar-refractivity contribution in [3.63, 3.8) is 0 Å². The van der Waals surface area contributed by atoms with Gasteiger partial charge in [-0.1, -0.05) is 17.7 Å². The fourth-order valence-corrected chi connectivity index (χ4v) is 3.16. The minimum atomic E-state index is -0.484. The topological polar surface area (TPSA) is 63.2 Å². The molecule has 1 aromatic heterocycles. The van der Waals surface area contributed by atoms with Crippen molar-refractivity contribution >= 4 is 23.4 Å². The van der Waals surface area contributed by atoms with Gasteiger partial charge < -0.3 is 15.4 Å². The Kier molecular flexibility index (Phi) is 5.21. The summed E-state index contributed by atoms with van der Waals surface area (Å²) in [5, 5.41) is 7.14. The van der Waals surface area contributed by atoms with E-state index >= 15 is 0 Å². The summed E-state index contributed by atoms with van der Waals surface area (Å²) in [4.78, 5) is 16.8. The lowest BCUT2D eigenvalue weighted by atomic mass is 9.82. The van der Waals surface area contributed by atoms with Crippen LogP contribution in [0.3, 0.4) is 0 Å². The van der Waals surface area contributed by atoms with Gasteiger partial charge >= 0.3 is 5.97 Å². The van der Waals surface area contributed by atoms with E-state index in [4.69, 9.17) is 16.3 Å². The number of nitrogens with zero attached hydrogens (tertiary/aromatic N) is 1. The van der Waals surface area contributed by atoms with Crippen molar-refractivity contribution < 1.29 is 9.53 Å². The van der Waals surface area contributed by atoms with E-state index in [1.165, 1.54) is 0 Å². The average molecular weight is 340 g/mol. The van der Waals surface area contributed by atoms with Crippen molar-refractivity contribution in [1.82, 2.24) is 10.3 Å². The molecule has 1 unspecified atom stereocenters. The van der Waals surface area contributed by atoms with Crippen molar-refractivity contribution in [1.29, 1.82) is 0 Å². The van der Waals surface area contributed by atoms with Gasteiger partial charge in [-0.25, -0.2) is 4.98 Å². The quantitative estimate of drug-likeness (QED) is 0.652. The molecular weight excluding hydrogens is 314 g/mol. The highest BCUT2D eigenvalue weighted by molar-refractivity contribution is 6.29. The molecule has 2 N–H and O–H groups in total. The number of esters is 1. The zero-order valence-electron chi connectivity index (χ0n) is 14.4. The number of nitrogens with one attached hydrogen (secondary N) is 2. The summed E-state index contributed by atoms with van der Waals surface area (Å²) in [7, 11) is 0. The predicted octanol–water partition coefficient (Wildman–Crippen LogP) is 3.10. The second-order valence-electron chi connectivity index (χ2n) is 7.60. The van der Waals surface area contributed by atoms with Gasteiger partial charge in [-0.2, -0.15) is 0 Å². The minimum absolute atomic E-state index is 0.126. The summed E-state index contributed by atoms with van der Waals surface area (Å²) >= 11 is 5.90. The second-order valence-corrected chi connectivity index (χ2v) is 7.99. The van der Waals surface area contributed by atoms with E-state index in [0.29, 0.717) is 17.5 Å². The Bertz CT molecular complexity index is 569. The van der Waals surface area contributed by atoms with Crippen LogP contribution in [0.1, 0.15) is 34.6 Å². The summed E-state index contributed by atoms with van der Waals surface area (Å²) < 4.78 is 5.62. The third-order valence-corrected chi connectivity index (χ3v) is 4.20. The third-order valence-electron chi connectivity index (χ3n) is 3.99. The molecule has 1 saturated heterocycles. The maximum Gasteiger partial charge on any atom is 0.311 e. The normalized spacial score (nSPS) is 23.6. The molecule has 128 valence electrons. The molecular formula is C17H26ClN3O2. The lowest BCUT2D eigenvalue weighted by molar-refractivity contribution is -0.163.